The maximum absolute atomic E-state index is 5.13. The SMILES string of the molecule is CCCCN(C)Cc1ccc(OC)cc1.Cl. The van der Waals surface area contributed by atoms with Crippen molar-refractivity contribution in [1.82, 2.24) is 4.90 Å². The molecule has 0 saturated heterocycles. The van der Waals surface area contributed by atoms with Crippen molar-refractivity contribution in [3.05, 3.63) is 29.8 Å². The molecular weight excluding hydrogens is 222 g/mol. The molecule has 3 heteroatoms. The van der Waals surface area contributed by atoms with E-state index in [2.05, 4.69) is 31.0 Å². The van der Waals surface area contributed by atoms with Gasteiger partial charge < -0.3 is 9.64 Å². The monoisotopic (exact) mass is 243 g/mol. The van der Waals surface area contributed by atoms with Crippen molar-refractivity contribution in [2.75, 3.05) is 20.7 Å². The highest BCUT2D eigenvalue weighted by molar-refractivity contribution is 5.85. The first-order chi connectivity index (χ1) is 7.26. The van der Waals surface area contributed by atoms with Gasteiger partial charge in [-0.15, -0.1) is 12.4 Å². The Kier molecular flexibility index (Phi) is 8.04. The molecule has 0 aliphatic carbocycles. The molecule has 0 unspecified atom stereocenters. The Morgan fingerprint density at radius 3 is 2.31 bits per heavy atom. The lowest BCUT2D eigenvalue weighted by atomic mass is 10.2. The van der Waals surface area contributed by atoms with Crippen molar-refractivity contribution >= 4 is 12.4 Å². The highest BCUT2D eigenvalue weighted by atomic mass is 35.5. The van der Waals surface area contributed by atoms with Gasteiger partial charge in [-0.05, 0) is 37.7 Å². The summed E-state index contributed by atoms with van der Waals surface area (Å²) in [5, 5.41) is 0. The zero-order chi connectivity index (χ0) is 11.1. The summed E-state index contributed by atoms with van der Waals surface area (Å²) in [5.74, 6) is 0.926. The van der Waals surface area contributed by atoms with E-state index in [1.807, 2.05) is 12.1 Å². The number of hydrogen-bond donors (Lipinski definition) is 0. The van der Waals surface area contributed by atoms with Gasteiger partial charge in [0.1, 0.15) is 5.75 Å². The predicted molar refractivity (Wildman–Crippen MR) is 71.5 cm³/mol. The van der Waals surface area contributed by atoms with E-state index >= 15 is 0 Å². The number of methoxy groups -OCH3 is 1. The molecular formula is C13H22ClNO. The van der Waals surface area contributed by atoms with Gasteiger partial charge in [0, 0.05) is 6.54 Å². The lowest BCUT2D eigenvalue weighted by Gasteiger charge is -2.16. The summed E-state index contributed by atoms with van der Waals surface area (Å²) in [5.41, 5.74) is 1.34. The van der Waals surface area contributed by atoms with Gasteiger partial charge in [-0.2, -0.15) is 0 Å². The Balaban J connectivity index is 0.00000225. The van der Waals surface area contributed by atoms with Crippen LogP contribution in [-0.4, -0.2) is 25.6 Å². The standard InChI is InChI=1S/C13H21NO.ClH/c1-4-5-10-14(2)11-12-6-8-13(15-3)9-7-12;/h6-9H,4-5,10-11H2,1-3H3;1H. The van der Waals surface area contributed by atoms with Crippen molar-refractivity contribution in [1.29, 1.82) is 0 Å². The average Bonchev–Trinajstić information content (AvgIpc) is 2.27. The molecule has 1 aromatic rings. The first-order valence-corrected chi connectivity index (χ1v) is 5.57. The van der Waals surface area contributed by atoms with Crippen LogP contribution in [0.5, 0.6) is 5.75 Å². The summed E-state index contributed by atoms with van der Waals surface area (Å²) in [7, 11) is 3.86. The molecule has 0 amide bonds. The molecule has 0 aromatic heterocycles. The second-order valence-corrected chi connectivity index (χ2v) is 3.94. The molecule has 0 radical (unpaired) electrons. The second-order valence-electron chi connectivity index (χ2n) is 3.94. The van der Waals surface area contributed by atoms with Crippen molar-refractivity contribution in [2.24, 2.45) is 0 Å². The van der Waals surface area contributed by atoms with Crippen molar-refractivity contribution in [3.8, 4) is 5.75 Å². The van der Waals surface area contributed by atoms with Crippen molar-refractivity contribution in [3.63, 3.8) is 0 Å². The van der Waals surface area contributed by atoms with Gasteiger partial charge in [-0.1, -0.05) is 25.5 Å². The summed E-state index contributed by atoms with van der Waals surface area (Å²) < 4.78 is 5.13. The van der Waals surface area contributed by atoms with E-state index in [4.69, 9.17) is 4.74 Å². The summed E-state index contributed by atoms with van der Waals surface area (Å²) in [6, 6.07) is 8.29. The average molecular weight is 244 g/mol. The highest BCUT2D eigenvalue weighted by Gasteiger charge is 1.99. The van der Waals surface area contributed by atoms with Crippen LogP contribution < -0.4 is 4.74 Å². The van der Waals surface area contributed by atoms with Crippen molar-refractivity contribution in [2.45, 2.75) is 26.3 Å². The Labute approximate surface area is 105 Å². The lowest BCUT2D eigenvalue weighted by Crippen LogP contribution is -2.18. The molecule has 0 N–H and O–H groups in total. The fourth-order valence-corrected chi connectivity index (χ4v) is 1.55. The predicted octanol–water partition coefficient (Wildman–Crippen LogP) is 3.35. The molecule has 2 nitrogen and oxygen atoms in total. The maximum Gasteiger partial charge on any atom is 0.118 e. The van der Waals surface area contributed by atoms with Crippen LogP contribution in [0.15, 0.2) is 24.3 Å². The normalized spacial score (nSPS) is 10.0. The van der Waals surface area contributed by atoms with Gasteiger partial charge in [-0.3, -0.25) is 0 Å². The van der Waals surface area contributed by atoms with Crippen LogP contribution in [0.3, 0.4) is 0 Å². The van der Waals surface area contributed by atoms with Gasteiger partial charge in [0.15, 0.2) is 0 Å². The molecule has 92 valence electrons. The van der Waals surface area contributed by atoms with Gasteiger partial charge >= 0.3 is 0 Å². The zero-order valence-corrected chi connectivity index (χ0v) is 11.2. The molecule has 0 heterocycles. The largest absolute Gasteiger partial charge is 0.497 e. The third-order valence-corrected chi connectivity index (χ3v) is 2.50. The third-order valence-electron chi connectivity index (χ3n) is 2.50. The first-order valence-electron chi connectivity index (χ1n) is 5.57. The minimum atomic E-state index is 0. The van der Waals surface area contributed by atoms with Crippen LogP contribution in [0.2, 0.25) is 0 Å². The van der Waals surface area contributed by atoms with Crippen LogP contribution in [-0.2, 0) is 6.54 Å². The lowest BCUT2D eigenvalue weighted by molar-refractivity contribution is 0.320. The zero-order valence-electron chi connectivity index (χ0n) is 10.4. The van der Waals surface area contributed by atoms with Gasteiger partial charge in [-0.25, -0.2) is 0 Å². The van der Waals surface area contributed by atoms with Gasteiger partial charge in [0.05, 0.1) is 7.11 Å². The summed E-state index contributed by atoms with van der Waals surface area (Å²) in [6.07, 6.45) is 2.53. The number of unbranched alkanes of at least 4 members (excludes halogenated alkanes) is 1. The number of ether oxygens (including phenoxy) is 1. The van der Waals surface area contributed by atoms with Gasteiger partial charge in [0.25, 0.3) is 0 Å². The molecule has 0 aliphatic heterocycles. The maximum atomic E-state index is 5.13. The van der Waals surface area contributed by atoms with Gasteiger partial charge in [0.2, 0.25) is 0 Å². The topological polar surface area (TPSA) is 12.5 Å². The van der Waals surface area contributed by atoms with Crippen LogP contribution in [0.4, 0.5) is 0 Å². The van der Waals surface area contributed by atoms with Crippen LogP contribution in [0, 0.1) is 0 Å². The highest BCUT2D eigenvalue weighted by Crippen LogP contribution is 2.12. The second kappa shape index (κ2) is 8.43. The minimum Gasteiger partial charge on any atom is -0.497 e. The third kappa shape index (κ3) is 5.38. The van der Waals surface area contributed by atoms with E-state index in [1.54, 1.807) is 7.11 Å². The molecule has 16 heavy (non-hydrogen) atoms. The van der Waals surface area contributed by atoms with Crippen LogP contribution in [0.25, 0.3) is 0 Å². The van der Waals surface area contributed by atoms with Crippen LogP contribution >= 0.6 is 12.4 Å². The number of hydrogen-bond acceptors (Lipinski definition) is 2. The Morgan fingerprint density at radius 1 is 1.19 bits per heavy atom. The smallest absolute Gasteiger partial charge is 0.118 e. The molecule has 1 aromatic carbocycles. The molecule has 0 saturated carbocycles. The molecule has 0 fully saturated rings. The number of rotatable bonds is 6. The molecule has 0 bridgehead atoms. The van der Waals surface area contributed by atoms with Crippen LogP contribution in [0.1, 0.15) is 25.3 Å². The first kappa shape index (κ1) is 15.3. The number of benzene rings is 1. The molecule has 0 spiro atoms. The Hall–Kier alpha value is -0.730. The van der Waals surface area contributed by atoms with Crippen molar-refractivity contribution < 1.29 is 4.74 Å². The van der Waals surface area contributed by atoms with E-state index in [1.165, 1.54) is 24.9 Å². The minimum absolute atomic E-state index is 0. The number of nitrogens with zero attached hydrogens (tertiary/aromatic N) is 1. The van der Waals surface area contributed by atoms with E-state index in [0.717, 1.165) is 12.3 Å². The summed E-state index contributed by atoms with van der Waals surface area (Å²) >= 11 is 0. The van der Waals surface area contributed by atoms with E-state index in [9.17, 15) is 0 Å². The fourth-order valence-electron chi connectivity index (χ4n) is 1.55. The Morgan fingerprint density at radius 2 is 1.81 bits per heavy atom. The quantitative estimate of drug-likeness (QED) is 0.760. The molecule has 1 rings (SSSR count). The van der Waals surface area contributed by atoms with E-state index in [-0.39, 0.29) is 12.4 Å². The molecule has 0 atom stereocenters. The summed E-state index contributed by atoms with van der Waals surface area (Å²) in [4.78, 5) is 2.35. The van der Waals surface area contributed by atoms with E-state index < -0.39 is 0 Å². The summed E-state index contributed by atoms with van der Waals surface area (Å²) in [6.45, 7) is 4.41. The molecule has 0 aliphatic rings. The van der Waals surface area contributed by atoms with E-state index in [0.29, 0.717) is 0 Å². The number of halogens is 1. The fraction of sp³-hybridized carbons (Fsp3) is 0.538. The Bertz CT molecular complexity index is 274.